The molecule has 8 heteroatoms. The van der Waals surface area contributed by atoms with Crippen LogP contribution in [0.25, 0.3) is 0 Å². The predicted molar refractivity (Wildman–Crippen MR) is 119 cm³/mol. The Balaban J connectivity index is 0.00000280. The first kappa shape index (κ1) is 22.1. The Morgan fingerprint density at radius 1 is 1.29 bits per heavy atom. The van der Waals surface area contributed by atoms with Crippen LogP contribution in [-0.4, -0.2) is 24.0 Å². The van der Waals surface area contributed by atoms with E-state index in [0.717, 1.165) is 24.3 Å². The Bertz CT molecular complexity index is 847. The van der Waals surface area contributed by atoms with Crippen molar-refractivity contribution in [2.75, 3.05) is 6.54 Å². The zero-order valence-corrected chi connectivity index (χ0v) is 18.7. The molecule has 1 unspecified atom stereocenters. The Morgan fingerprint density at radius 2 is 2.04 bits per heavy atom. The molecule has 1 atom stereocenters. The van der Waals surface area contributed by atoms with Gasteiger partial charge in [-0.15, -0.1) is 24.0 Å². The number of fused-ring (bicyclic) bond motifs is 1. The van der Waals surface area contributed by atoms with Crippen LogP contribution in [0.15, 0.2) is 45.8 Å². The van der Waals surface area contributed by atoms with Crippen molar-refractivity contribution >= 4 is 35.8 Å². The van der Waals surface area contributed by atoms with Crippen molar-refractivity contribution in [3.8, 4) is 5.75 Å². The molecule has 3 rings (SSSR count). The summed E-state index contributed by atoms with van der Waals surface area (Å²) in [5.41, 5.74) is 6.05. The average molecular weight is 498 g/mol. The van der Waals surface area contributed by atoms with Gasteiger partial charge in [0.05, 0.1) is 6.04 Å². The van der Waals surface area contributed by atoms with Crippen molar-refractivity contribution in [3.63, 3.8) is 0 Å². The third-order valence-corrected chi connectivity index (χ3v) is 4.33. The van der Waals surface area contributed by atoms with E-state index in [1.54, 1.807) is 12.1 Å². The second kappa shape index (κ2) is 9.31. The molecule has 1 aliphatic heterocycles. The van der Waals surface area contributed by atoms with Gasteiger partial charge in [-0.2, -0.15) is 0 Å². The molecular weight excluding hydrogens is 471 g/mol. The summed E-state index contributed by atoms with van der Waals surface area (Å²) in [5.74, 6) is 1.69. The first-order chi connectivity index (χ1) is 12.9. The number of para-hydroxylation sites is 1. The lowest BCUT2D eigenvalue weighted by Gasteiger charge is -2.38. The van der Waals surface area contributed by atoms with Crippen LogP contribution < -0.4 is 21.1 Å². The van der Waals surface area contributed by atoms with Gasteiger partial charge in [-0.3, -0.25) is 4.79 Å². The lowest BCUT2D eigenvalue weighted by atomic mass is 9.90. The smallest absolute Gasteiger partial charge is 0.284 e. The SMILES string of the molecule is CCNC(=NCc1ccc(C(N)=O)o1)NC1CC(C)(C)Oc2ccccc21.I. The number of guanidine groups is 1. The van der Waals surface area contributed by atoms with Gasteiger partial charge in [-0.25, -0.2) is 4.99 Å². The molecule has 0 fully saturated rings. The van der Waals surface area contributed by atoms with E-state index in [-0.39, 0.29) is 41.4 Å². The van der Waals surface area contributed by atoms with E-state index in [1.165, 1.54) is 0 Å². The van der Waals surface area contributed by atoms with Gasteiger partial charge >= 0.3 is 0 Å². The number of ether oxygens (including phenoxy) is 1. The summed E-state index contributed by atoms with van der Waals surface area (Å²) in [4.78, 5) is 15.7. The molecule has 152 valence electrons. The molecule has 1 aromatic heterocycles. The Morgan fingerprint density at radius 3 is 2.71 bits per heavy atom. The number of benzene rings is 1. The Hall–Kier alpha value is -2.23. The molecule has 0 radical (unpaired) electrons. The van der Waals surface area contributed by atoms with Gasteiger partial charge in [0.2, 0.25) is 0 Å². The molecule has 1 aliphatic rings. The minimum atomic E-state index is -0.587. The van der Waals surface area contributed by atoms with Crippen molar-refractivity contribution in [2.24, 2.45) is 10.7 Å². The molecule has 2 aromatic rings. The molecule has 1 amide bonds. The van der Waals surface area contributed by atoms with E-state index in [4.69, 9.17) is 14.9 Å². The Labute approximate surface area is 182 Å². The highest BCUT2D eigenvalue weighted by Gasteiger charge is 2.33. The van der Waals surface area contributed by atoms with Crippen molar-refractivity contribution in [3.05, 3.63) is 53.5 Å². The van der Waals surface area contributed by atoms with Crippen LogP contribution in [0.3, 0.4) is 0 Å². The van der Waals surface area contributed by atoms with Crippen molar-refractivity contribution in [2.45, 2.75) is 45.4 Å². The maximum absolute atomic E-state index is 11.2. The normalized spacial score (nSPS) is 17.7. The molecular formula is C20H27IN4O3. The highest BCUT2D eigenvalue weighted by Crippen LogP contribution is 2.39. The van der Waals surface area contributed by atoms with E-state index >= 15 is 0 Å². The zero-order chi connectivity index (χ0) is 19.4. The number of amides is 1. The molecule has 0 aliphatic carbocycles. The molecule has 4 N–H and O–H groups in total. The quantitative estimate of drug-likeness (QED) is 0.334. The number of rotatable bonds is 5. The van der Waals surface area contributed by atoms with E-state index < -0.39 is 5.91 Å². The molecule has 28 heavy (non-hydrogen) atoms. The van der Waals surface area contributed by atoms with Crippen molar-refractivity contribution in [1.82, 2.24) is 10.6 Å². The topological polar surface area (TPSA) is 102 Å². The van der Waals surface area contributed by atoms with Crippen LogP contribution in [0.4, 0.5) is 0 Å². The third kappa shape index (κ3) is 5.40. The van der Waals surface area contributed by atoms with Gasteiger partial charge in [0.1, 0.15) is 23.7 Å². The second-order valence-corrected chi connectivity index (χ2v) is 7.13. The first-order valence-electron chi connectivity index (χ1n) is 9.09. The van der Waals surface area contributed by atoms with E-state index in [9.17, 15) is 4.79 Å². The van der Waals surface area contributed by atoms with Gasteiger partial charge in [0.15, 0.2) is 11.7 Å². The predicted octanol–water partition coefficient (Wildman–Crippen LogP) is 3.35. The van der Waals surface area contributed by atoms with E-state index in [2.05, 4.69) is 35.5 Å². The minimum Gasteiger partial charge on any atom is -0.487 e. The summed E-state index contributed by atoms with van der Waals surface area (Å²) in [6, 6.07) is 11.4. The van der Waals surface area contributed by atoms with Gasteiger partial charge < -0.3 is 25.5 Å². The number of hydrogen-bond donors (Lipinski definition) is 3. The van der Waals surface area contributed by atoms with Gasteiger partial charge in [0.25, 0.3) is 5.91 Å². The number of halogens is 1. The molecule has 2 heterocycles. The van der Waals surface area contributed by atoms with Crippen LogP contribution in [-0.2, 0) is 6.54 Å². The number of aliphatic imine (C=N–C) groups is 1. The number of nitrogens with one attached hydrogen (secondary N) is 2. The van der Waals surface area contributed by atoms with Crippen LogP contribution in [0.5, 0.6) is 5.75 Å². The highest BCUT2D eigenvalue weighted by atomic mass is 127. The fourth-order valence-electron chi connectivity index (χ4n) is 3.17. The molecule has 0 saturated carbocycles. The van der Waals surface area contributed by atoms with Gasteiger partial charge in [-0.05, 0) is 39.0 Å². The maximum atomic E-state index is 11.2. The molecule has 7 nitrogen and oxygen atoms in total. The summed E-state index contributed by atoms with van der Waals surface area (Å²) >= 11 is 0. The number of primary amides is 1. The number of furan rings is 1. The standard InChI is InChI=1S/C20H26N4O3.HI/c1-4-22-19(23-12-13-9-10-17(26-13)18(21)25)24-15-11-20(2,3)27-16-8-6-5-7-14(15)16;/h5-10,15H,4,11-12H2,1-3H3,(H2,21,25)(H2,22,23,24);1H. The second-order valence-electron chi connectivity index (χ2n) is 7.13. The lowest BCUT2D eigenvalue weighted by Crippen LogP contribution is -2.45. The van der Waals surface area contributed by atoms with Crippen LogP contribution >= 0.6 is 24.0 Å². The van der Waals surface area contributed by atoms with Crippen LogP contribution in [0.2, 0.25) is 0 Å². The van der Waals surface area contributed by atoms with Gasteiger partial charge in [-0.1, -0.05) is 18.2 Å². The number of nitrogens with zero attached hydrogens (tertiary/aromatic N) is 1. The fourth-order valence-corrected chi connectivity index (χ4v) is 3.17. The Kier molecular flexibility index (Phi) is 7.34. The highest BCUT2D eigenvalue weighted by molar-refractivity contribution is 14.0. The van der Waals surface area contributed by atoms with E-state index in [0.29, 0.717) is 18.3 Å². The number of nitrogens with two attached hydrogens (primary N) is 1. The van der Waals surface area contributed by atoms with Crippen LogP contribution in [0, 0.1) is 0 Å². The van der Waals surface area contributed by atoms with Crippen molar-refractivity contribution < 1.29 is 13.9 Å². The largest absolute Gasteiger partial charge is 0.487 e. The summed E-state index contributed by atoms with van der Waals surface area (Å²) in [6.45, 7) is 7.20. The van der Waals surface area contributed by atoms with Crippen LogP contribution in [0.1, 0.15) is 55.1 Å². The molecule has 0 saturated heterocycles. The minimum absolute atomic E-state index is 0. The number of carbonyl (C=O) groups excluding carboxylic acids is 1. The summed E-state index contributed by atoms with van der Waals surface area (Å²) < 4.78 is 11.5. The fraction of sp³-hybridized carbons (Fsp3) is 0.400. The molecule has 0 bridgehead atoms. The number of carbonyl (C=O) groups is 1. The monoisotopic (exact) mass is 498 g/mol. The zero-order valence-electron chi connectivity index (χ0n) is 16.3. The van der Waals surface area contributed by atoms with Crippen molar-refractivity contribution in [1.29, 1.82) is 0 Å². The summed E-state index contributed by atoms with van der Waals surface area (Å²) in [5, 5.41) is 6.75. The molecule has 1 aromatic carbocycles. The van der Waals surface area contributed by atoms with E-state index in [1.807, 2.05) is 25.1 Å². The first-order valence-corrected chi connectivity index (χ1v) is 9.09. The third-order valence-electron chi connectivity index (χ3n) is 4.33. The maximum Gasteiger partial charge on any atom is 0.284 e. The lowest BCUT2D eigenvalue weighted by molar-refractivity contribution is 0.0694. The molecule has 0 spiro atoms. The summed E-state index contributed by atoms with van der Waals surface area (Å²) in [6.07, 6.45) is 0.807. The summed E-state index contributed by atoms with van der Waals surface area (Å²) in [7, 11) is 0. The van der Waals surface area contributed by atoms with Gasteiger partial charge in [0, 0.05) is 18.5 Å². The number of hydrogen-bond acceptors (Lipinski definition) is 4. The average Bonchev–Trinajstić information content (AvgIpc) is 3.08.